The standard InChI is InChI=1S/C13H25N5/c1-11(2)18-10-12(9-15-18)13(8-14)16-17-6-4-3-5-7-17/h9-11,13,16H,3-8,14H2,1-2H3. The number of aromatic nitrogens is 2. The molecule has 5 heteroatoms. The van der Waals surface area contributed by atoms with Gasteiger partial charge in [-0.2, -0.15) is 5.10 Å². The second-order valence-corrected chi connectivity index (χ2v) is 5.31. The highest BCUT2D eigenvalue weighted by atomic mass is 15.5. The number of hydrazine groups is 1. The fraction of sp³-hybridized carbons (Fsp3) is 0.769. The molecule has 0 saturated carbocycles. The predicted molar refractivity (Wildman–Crippen MR) is 73.0 cm³/mol. The van der Waals surface area contributed by atoms with Crippen LogP contribution in [0.2, 0.25) is 0 Å². The number of nitrogens with one attached hydrogen (secondary N) is 1. The topological polar surface area (TPSA) is 59.1 Å². The first-order chi connectivity index (χ1) is 8.70. The summed E-state index contributed by atoms with van der Waals surface area (Å²) in [4.78, 5) is 0. The quantitative estimate of drug-likeness (QED) is 0.831. The summed E-state index contributed by atoms with van der Waals surface area (Å²) in [6, 6.07) is 0.572. The van der Waals surface area contributed by atoms with Gasteiger partial charge in [-0.05, 0) is 26.7 Å². The molecular weight excluding hydrogens is 226 g/mol. The van der Waals surface area contributed by atoms with Crippen LogP contribution in [0.1, 0.15) is 50.8 Å². The lowest BCUT2D eigenvalue weighted by Crippen LogP contribution is -2.45. The first kappa shape index (κ1) is 13.5. The van der Waals surface area contributed by atoms with Crippen molar-refractivity contribution in [3.8, 4) is 0 Å². The summed E-state index contributed by atoms with van der Waals surface area (Å²) in [5.74, 6) is 0. The molecule has 1 unspecified atom stereocenters. The number of nitrogens with zero attached hydrogens (tertiary/aromatic N) is 3. The Kier molecular flexibility index (Phi) is 4.74. The Morgan fingerprint density at radius 3 is 2.61 bits per heavy atom. The maximum absolute atomic E-state index is 5.88. The minimum absolute atomic E-state index is 0.176. The Balaban J connectivity index is 1.98. The minimum atomic E-state index is 0.176. The number of hydrogen-bond acceptors (Lipinski definition) is 4. The highest BCUT2D eigenvalue weighted by molar-refractivity contribution is 5.11. The Hall–Kier alpha value is -0.910. The molecule has 1 aromatic heterocycles. The fourth-order valence-corrected chi connectivity index (χ4v) is 2.32. The van der Waals surface area contributed by atoms with Crippen LogP contribution in [0.4, 0.5) is 0 Å². The van der Waals surface area contributed by atoms with Gasteiger partial charge in [-0.3, -0.25) is 4.68 Å². The van der Waals surface area contributed by atoms with Crippen molar-refractivity contribution in [3.63, 3.8) is 0 Å². The average Bonchev–Trinajstić information content (AvgIpc) is 2.87. The third-order valence-electron chi connectivity index (χ3n) is 3.48. The van der Waals surface area contributed by atoms with Crippen molar-refractivity contribution >= 4 is 0 Å². The Labute approximate surface area is 109 Å². The van der Waals surface area contributed by atoms with Crippen molar-refractivity contribution < 1.29 is 0 Å². The van der Waals surface area contributed by atoms with E-state index in [-0.39, 0.29) is 6.04 Å². The molecule has 1 atom stereocenters. The second-order valence-electron chi connectivity index (χ2n) is 5.31. The van der Waals surface area contributed by atoms with E-state index in [1.54, 1.807) is 0 Å². The van der Waals surface area contributed by atoms with Crippen LogP contribution in [0.15, 0.2) is 12.4 Å². The maximum Gasteiger partial charge on any atom is 0.0617 e. The van der Waals surface area contributed by atoms with E-state index >= 15 is 0 Å². The smallest absolute Gasteiger partial charge is 0.0617 e. The lowest BCUT2D eigenvalue weighted by Gasteiger charge is -2.30. The molecule has 1 aromatic rings. The van der Waals surface area contributed by atoms with Crippen LogP contribution in [0.25, 0.3) is 0 Å². The molecule has 5 nitrogen and oxygen atoms in total. The molecule has 0 spiro atoms. The normalized spacial score (nSPS) is 19.3. The lowest BCUT2D eigenvalue weighted by atomic mass is 10.1. The van der Waals surface area contributed by atoms with Gasteiger partial charge in [0.1, 0.15) is 0 Å². The van der Waals surface area contributed by atoms with Gasteiger partial charge in [-0.25, -0.2) is 10.4 Å². The van der Waals surface area contributed by atoms with Gasteiger partial charge in [-0.1, -0.05) is 6.42 Å². The van der Waals surface area contributed by atoms with E-state index in [1.807, 2.05) is 10.9 Å². The molecular formula is C13H25N5. The third kappa shape index (κ3) is 3.31. The van der Waals surface area contributed by atoms with Crippen molar-refractivity contribution in [2.24, 2.45) is 5.73 Å². The molecule has 0 aliphatic carbocycles. The van der Waals surface area contributed by atoms with Crippen LogP contribution in [0.3, 0.4) is 0 Å². The average molecular weight is 251 g/mol. The summed E-state index contributed by atoms with van der Waals surface area (Å²) >= 11 is 0. The largest absolute Gasteiger partial charge is 0.329 e. The van der Waals surface area contributed by atoms with Crippen LogP contribution in [0, 0.1) is 0 Å². The van der Waals surface area contributed by atoms with Crippen molar-refractivity contribution in [3.05, 3.63) is 18.0 Å². The number of nitrogens with two attached hydrogens (primary N) is 1. The van der Waals surface area contributed by atoms with E-state index < -0.39 is 0 Å². The number of hydrogen-bond donors (Lipinski definition) is 2. The molecule has 0 radical (unpaired) electrons. The van der Waals surface area contributed by atoms with Crippen LogP contribution in [0.5, 0.6) is 0 Å². The zero-order valence-corrected chi connectivity index (χ0v) is 11.5. The molecule has 1 fully saturated rings. The summed E-state index contributed by atoms with van der Waals surface area (Å²) in [5, 5.41) is 6.68. The third-order valence-corrected chi connectivity index (χ3v) is 3.48. The van der Waals surface area contributed by atoms with Gasteiger partial charge in [0.05, 0.1) is 12.2 Å². The molecule has 0 bridgehead atoms. The first-order valence-corrected chi connectivity index (χ1v) is 6.96. The first-order valence-electron chi connectivity index (χ1n) is 6.96. The van der Waals surface area contributed by atoms with E-state index in [4.69, 9.17) is 5.73 Å². The van der Waals surface area contributed by atoms with Crippen LogP contribution in [-0.2, 0) is 0 Å². The van der Waals surface area contributed by atoms with Gasteiger partial charge < -0.3 is 5.73 Å². The van der Waals surface area contributed by atoms with E-state index in [0.29, 0.717) is 12.6 Å². The SMILES string of the molecule is CC(C)n1cc(C(CN)NN2CCCCC2)cn1. The van der Waals surface area contributed by atoms with Crippen molar-refractivity contribution in [2.45, 2.75) is 45.2 Å². The molecule has 0 aromatic carbocycles. The zero-order chi connectivity index (χ0) is 13.0. The lowest BCUT2D eigenvalue weighted by molar-refractivity contribution is 0.130. The molecule has 18 heavy (non-hydrogen) atoms. The van der Waals surface area contributed by atoms with E-state index in [0.717, 1.165) is 13.1 Å². The van der Waals surface area contributed by atoms with Gasteiger partial charge in [0.25, 0.3) is 0 Å². The van der Waals surface area contributed by atoms with Gasteiger partial charge >= 0.3 is 0 Å². The van der Waals surface area contributed by atoms with E-state index in [9.17, 15) is 0 Å². The van der Waals surface area contributed by atoms with Gasteiger partial charge in [0, 0.05) is 37.4 Å². The van der Waals surface area contributed by atoms with Crippen molar-refractivity contribution in [1.29, 1.82) is 0 Å². The van der Waals surface area contributed by atoms with Crippen LogP contribution in [-0.4, -0.2) is 34.4 Å². The predicted octanol–water partition coefficient (Wildman–Crippen LogP) is 1.45. The molecule has 2 heterocycles. The molecule has 2 rings (SSSR count). The summed E-state index contributed by atoms with van der Waals surface area (Å²) < 4.78 is 1.98. The van der Waals surface area contributed by atoms with Gasteiger partial charge in [0.15, 0.2) is 0 Å². The Morgan fingerprint density at radius 1 is 1.33 bits per heavy atom. The highest BCUT2D eigenvalue weighted by Gasteiger charge is 2.17. The minimum Gasteiger partial charge on any atom is -0.329 e. The van der Waals surface area contributed by atoms with Crippen molar-refractivity contribution in [1.82, 2.24) is 20.2 Å². The summed E-state index contributed by atoms with van der Waals surface area (Å²) in [7, 11) is 0. The molecule has 1 aliphatic heterocycles. The monoisotopic (exact) mass is 251 g/mol. The fourth-order valence-electron chi connectivity index (χ4n) is 2.32. The van der Waals surface area contributed by atoms with Crippen LogP contribution >= 0.6 is 0 Å². The van der Waals surface area contributed by atoms with Gasteiger partial charge in [0.2, 0.25) is 0 Å². The zero-order valence-electron chi connectivity index (χ0n) is 11.5. The molecule has 0 amide bonds. The summed E-state index contributed by atoms with van der Waals surface area (Å²) in [6.07, 6.45) is 7.91. The molecule has 3 N–H and O–H groups in total. The maximum atomic E-state index is 5.88. The second kappa shape index (κ2) is 6.31. The molecule has 1 saturated heterocycles. The van der Waals surface area contributed by atoms with Gasteiger partial charge in [-0.15, -0.1) is 0 Å². The number of piperidine rings is 1. The molecule has 1 aliphatic rings. The van der Waals surface area contributed by atoms with E-state index in [2.05, 4.69) is 35.6 Å². The molecule has 102 valence electrons. The number of rotatable bonds is 5. The Bertz CT molecular complexity index is 354. The Morgan fingerprint density at radius 2 is 2.06 bits per heavy atom. The van der Waals surface area contributed by atoms with E-state index in [1.165, 1.54) is 24.8 Å². The summed E-state index contributed by atoms with van der Waals surface area (Å²) in [5.41, 5.74) is 10.6. The van der Waals surface area contributed by atoms with Crippen molar-refractivity contribution in [2.75, 3.05) is 19.6 Å². The highest BCUT2D eigenvalue weighted by Crippen LogP contribution is 2.15. The van der Waals surface area contributed by atoms with Crippen LogP contribution < -0.4 is 11.2 Å². The summed E-state index contributed by atoms with van der Waals surface area (Å²) in [6.45, 7) is 7.10.